The van der Waals surface area contributed by atoms with E-state index in [-0.39, 0.29) is 0 Å². The molecular weight excluding hydrogens is 236 g/mol. The van der Waals surface area contributed by atoms with E-state index in [2.05, 4.69) is 9.97 Å². The van der Waals surface area contributed by atoms with Gasteiger partial charge in [-0.2, -0.15) is 0 Å². The van der Waals surface area contributed by atoms with Gasteiger partial charge < -0.3 is 15.4 Å². The van der Waals surface area contributed by atoms with Gasteiger partial charge in [-0.3, -0.25) is 0 Å². The molecule has 0 amide bonds. The number of nitrogens with zero attached hydrogens (tertiary/aromatic N) is 3. The molecule has 0 bridgehead atoms. The van der Waals surface area contributed by atoms with Crippen molar-refractivity contribution < 1.29 is 4.74 Å². The Hall–Kier alpha value is -1.27. The maximum absolute atomic E-state index is 5.58. The molecule has 6 heteroatoms. The second-order valence-corrected chi connectivity index (χ2v) is 4.27. The van der Waals surface area contributed by atoms with E-state index in [1.165, 1.54) is 0 Å². The first-order chi connectivity index (χ1) is 8.04. The Morgan fingerprint density at radius 3 is 2.82 bits per heavy atom. The third kappa shape index (κ3) is 4.24. The lowest BCUT2D eigenvalue weighted by Gasteiger charge is -2.17. The molecule has 0 unspecified atom stereocenters. The Morgan fingerprint density at radius 1 is 1.53 bits per heavy atom. The van der Waals surface area contributed by atoms with Crippen molar-refractivity contribution in [3.05, 3.63) is 17.5 Å². The smallest absolute Gasteiger partial charge is 0.225 e. The van der Waals surface area contributed by atoms with Crippen LogP contribution in [0.1, 0.15) is 17.8 Å². The molecule has 0 saturated heterocycles. The highest BCUT2D eigenvalue weighted by atomic mass is 32.1. The van der Waals surface area contributed by atoms with Crippen LogP contribution in [-0.4, -0.2) is 42.3 Å². The van der Waals surface area contributed by atoms with Gasteiger partial charge in [0.15, 0.2) is 0 Å². The van der Waals surface area contributed by atoms with E-state index in [1.807, 2.05) is 18.9 Å². The molecule has 1 aromatic rings. The van der Waals surface area contributed by atoms with Crippen molar-refractivity contribution in [2.24, 2.45) is 5.73 Å². The van der Waals surface area contributed by atoms with E-state index < -0.39 is 0 Å². The highest BCUT2D eigenvalue weighted by molar-refractivity contribution is 7.80. The summed E-state index contributed by atoms with van der Waals surface area (Å²) in [7, 11) is 3.63. The first-order valence-corrected chi connectivity index (χ1v) is 5.81. The van der Waals surface area contributed by atoms with Crippen molar-refractivity contribution in [1.82, 2.24) is 9.97 Å². The zero-order chi connectivity index (χ0) is 12.8. The second kappa shape index (κ2) is 6.46. The summed E-state index contributed by atoms with van der Waals surface area (Å²) in [4.78, 5) is 10.9. The number of thiocarbonyl (C=S) groups is 1. The van der Waals surface area contributed by atoms with Gasteiger partial charge in [-0.05, 0) is 19.4 Å². The summed E-state index contributed by atoms with van der Waals surface area (Å²) in [6, 6.07) is 1.79. The molecule has 0 aromatic carbocycles. The van der Waals surface area contributed by atoms with E-state index >= 15 is 0 Å². The van der Waals surface area contributed by atoms with E-state index in [9.17, 15) is 0 Å². The maximum Gasteiger partial charge on any atom is 0.225 e. The fraction of sp³-hybridized carbons (Fsp3) is 0.545. The average molecular weight is 254 g/mol. The number of aromatic nitrogens is 2. The molecule has 1 rings (SSSR count). The van der Waals surface area contributed by atoms with Crippen LogP contribution in [-0.2, 0) is 4.74 Å². The average Bonchev–Trinajstić information content (AvgIpc) is 2.28. The first-order valence-electron chi connectivity index (χ1n) is 5.40. The summed E-state index contributed by atoms with van der Waals surface area (Å²) in [5.74, 6) is 0.643. The largest absolute Gasteiger partial charge is 0.388 e. The van der Waals surface area contributed by atoms with E-state index in [0.717, 1.165) is 25.3 Å². The third-order valence-electron chi connectivity index (χ3n) is 2.28. The molecule has 0 saturated carbocycles. The molecule has 0 aliphatic rings. The molecule has 17 heavy (non-hydrogen) atoms. The molecule has 0 spiro atoms. The van der Waals surface area contributed by atoms with Gasteiger partial charge in [0.2, 0.25) is 5.95 Å². The van der Waals surface area contributed by atoms with Crippen molar-refractivity contribution in [3.63, 3.8) is 0 Å². The summed E-state index contributed by atoms with van der Waals surface area (Å²) in [5.41, 5.74) is 7.05. The zero-order valence-electron chi connectivity index (χ0n) is 10.4. The van der Waals surface area contributed by atoms with Gasteiger partial charge in [-0.25, -0.2) is 9.97 Å². The SMILES string of the molecule is COCCCN(C)c1nc(C)cc(C(N)=S)n1. The number of hydrogen-bond acceptors (Lipinski definition) is 5. The molecule has 0 fully saturated rings. The number of ether oxygens (including phenoxy) is 1. The Morgan fingerprint density at radius 2 is 2.24 bits per heavy atom. The topological polar surface area (TPSA) is 64.3 Å². The van der Waals surface area contributed by atoms with Gasteiger partial charge in [-0.15, -0.1) is 0 Å². The maximum atomic E-state index is 5.58. The Labute approximate surface area is 107 Å². The van der Waals surface area contributed by atoms with Gasteiger partial charge in [0.05, 0.1) is 0 Å². The van der Waals surface area contributed by atoms with Crippen LogP contribution in [0.3, 0.4) is 0 Å². The van der Waals surface area contributed by atoms with E-state index in [1.54, 1.807) is 13.2 Å². The van der Waals surface area contributed by atoms with Gasteiger partial charge in [0, 0.05) is 33.0 Å². The van der Waals surface area contributed by atoms with Crippen LogP contribution in [0.25, 0.3) is 0 Å². The summed E-state index contributed by atoms with van der Waals surface area (Å²) < 4.78 is 5.01. The van der Waals surface area contributed by atoms with Crippen LogP contribution >= 0.6 is 12.2 Å². The number of hydrogen-bond donors (Lipinski definition) is 1. The molecule has 0 aliphatic carbocycles. The molecule has 1 aromatic heterocycles. The van der Waals surface area contributed by atoms with Crippen LogP contribution in [0.2, 0.25) is 0 Å². The quantitative estimate of drug-likeness (QED) is 0.601. The highest BCUT2D eigenvalue weighted by Gasteiger charge is 2.08. The minimum Gasteiger partial charge on any atom is -0.388 e. The number of rotatable bonds is 6. The molecular formula is C11H18N4OS. The van der Waals surface area contributed by atoms with Gasteiger partial charge in [-0.1, -0.05) is 12.2 Å². The minimum atomic E-state index is 0.294. The highest BCUT2D eigenvalue weighted by Crippen LogP contribution is 2.09. The second-order valence-electron chi connectivity index (χ2n) is 3.83. The number of methoxy groups -OCH3 is 1. The molecule has 2 N–H and O–H groups in total. The molecule has 1 heterocycles. The van der Waals surface area contributed by atoms with Crippen LogP contribution < -0.4 is 10.6 Å². The number of nitrogens with two attached hydrogens (primary N) is 1. The zero-order valence-corrected chi connectivity index (χ0v) is 11.3. The van der Waals surface area contributed by atoms with E-state index in [0.29, 0.717) is 16.6 Å². The lowest BCUT2D eigenvalue weighted by molar-refractivity contribution is 0.196. The van der Waals surface area contributed by atoms with Gasteiger partial charge in [0.1, 0.15) is 10.7 Å². The standard InChI is InChI=1S/C11H18N4OS/c1-8-7-9(10(12)17)14-11(13-8)15(2)5-4-6-16-3/h7H,4-6H2,1-3H3,(H2,12,17). The number of aryl methyl sites for hydroxylation is 1. The van der Waals surface area contributed by atoms with Crippen molar-refractivity contribution in [3.8, 4) is 0 Å². The molecule has 94 valence electrons. The minimum absolute atomic E-state index is 0.294. The molecule has 0 atom stereocenters. The number of anilines is 1. The fourth-order valence-corrected chi connectivity index (χ4v) is 1.50. The van der Waals surface area contributed by atoms with Crippen LogP contribution in [0.5, 0.6) is 0 Å². The normalized spacial score (nSPS) is 10.3. The van der Waals surface area contributed by atoms with Gasteiger partial charge >= 0.3 is 0 Å². The molecule has 0 aliphatic heterocycles. The Bertz CT molecular complexity index is 397. The van der Waals surface area contributed by atoms with Crippen LogP contribution in [0, 0.1) is 6.92 Å². The van der Waals surface area contributed by atoms with Gasteiger partial charge in [0.25, 0.3) is 0 Å². The first kappa shape index (κ1) is 13.8. The lowest BCUT2D eigenvalue weighted by atomic mass is 10.3. The lowest BCUT2D eigenvalue weighted by Crippen LogP contribution is -2.24. The Balaban J connectivity index is 2.78. The summed E-state index contributed by atoms with van der Waals surface area (Å²) in [5, 5.41) is 0. The van der Waals surface area contributed by atoms with Crippen molar-refractivity contribution >= 4 is 23.2 Å². The van der Waals surface area contributed by atoms with E-state index in [4.69, 9.17) is 22.7 Å². The monoisotopic (exact) mass is 254 g/mol. The fourth-order valence-electron chi connectivity index (χ4n) is 1.40. The van der Waals surface area contributed by atoms with Crippen molar-refractivity contribution in [2.75, 3.05) is 32.2 Å². The van der Waals surface area contributed by atoms with Crippen molar-refractivity contribution in [2.45, 2.75) is 13.3 Å². The Kier molecular flexibility index (Phi) is 5.24. The van der Waals surface area contributed by atoms with Crippen LogP contribution in [0.4, 0.5) is 5.95 Å². The summed E-state index contributed by atoms with van der Waals surface area (Å²) >= 11 is 4.92. The summed E-state index contributed by atoms with van der Waals surface area (Å²) in [6.07, 6.45) is 0.923. The van der Waals surface area contributed by atoms with Crippen LogP contribution in [0.15, 0.2) is 6.07 Å². The summed E-state index contributed by atoms with van der Waals surface area (Å²) in [6.45, 7) is 3.45. The third-order valence-corrected chi connectivity index (χ3v) is 2.49. The molecule has 5 nitrogen and oxygen atoms in total. The molecule has 0 radical (unpaired) electrons. The predicted molar refractivity (Wildman–Crippen MR) is 72.4 cm³/mol. The van der Waals surface area contributed by atoms with Crippen molar-refractivity contribution in [1.29, 1.82) is 0 Å². The predicted octanol–water partition coefficient (Wildman–Crippen LogP) is 0.892.